The maximum atomic E-state index is 13.2. The van der Waals surface area contributed by atoms with Crippen LogP contribution in [-0.4, -0.2) is 39.8 Å². The summed E-state index contributed by atoms with van der Waals surface area (Å²) in [5, 5.41) is 0.622. The first-order valence-corrected chi connectivity index (χ1v) is 11.4. The van der Waals surface area contributed by atoms with Crippen LogP contribution in [0.15, 0.2) is 79.1 Å². The van der Waals surface area contributed by atoms with Crippen LogP contribution in [0.2, 0.25) is 5.02 Å². The maximum Gasteiger partial charge on any atom is 0.274 e. The van der Waals surface area contributed by atoms with Crippen molar-refractivity contribution >= 4 is 34.5 Å². The van der Waals surface area contributed by atoms with Gasteiger partial charge in [0.25, 0.3) is 5.91 Å². The molecule has 4 heterocycles. The van der Waals surface area contributed by atoms with Crippen molar-refractivity contribution in [2.45, 2.75) is 18.3 Å². The number of imidazole rings is 1. The number of anilines is 2. The normalized spacial score (nSPS) is 17.2. The Bertz CT molecular complexity index is 1310. The number of para-hydroxylation sites is 2. The van der Waals surface area contributed by atoms with E-state index in [2.05, 4.69) is 64.5 Å². The number of likely N-dealkylation sites (tertiary alicyclic amines) is 1. The van der Waals surface area contributed by atoms with Crippen LogP contribution in [0.4, 0.5) is 11.4 Å². The van der Waals surface area contributed by atoms with Gasteiger partial charge in [0.2, 0.25) is 0 Å². The zero-order valence-electron chi connectivity index (χ0n) is 17.6. The molecule has 32 heavy (non-hydrogen) atoms. The first-order valence-electron chi connectivity index (χ1n) is 11.0. The molecule has 1 fully saturated rings. The van der Waals surface area contributed by atoms with Gasteiger partial charge in [0.05, 0.1) is 5.02 Å². The molecule has 1 saturated heterocycles. The lowest BCUT2D eigenvalue weighted by atomic mass is 9.74. The first kappa shape index (κ1) is 19.4. The third-order valence-electron chi connectivity index (χ3n) is 6.94. The zero-order valence-corrected chi connectivity index (χ0v) is 18.4. The minimum absolute atomic E-state index is 0.00845. The molecule has 160 valence electrons. The molecule has 5 nitrogen and oxygen atoms in total. The van der Waals surface area contributed by atoms with Gasteiger partial charge in [-0.1, -0.05) is 48.0 Å². The van der Waals surface area contributed by atoms with Crippen LogP contribution in [0.3, 0.4) is 0 Å². The zero-order chi connectivity index (χ0) is 21.7. The van der Waals surface area contributed by atoms with E-state index in [0.29, 0.717) is 10.7 Å². The standard InChI is InChI=1S/C26H23ClN4O/c27-19-10-11-24-28-22(17-30(24)16-19)25(32)29-14-12-26(13-15-29)18-31(20-6-2-1-3-7-20)23-9-5-4-8-21(23)26/h1-11,16-17H,12-15,18H2. The fraction of sp³-hybridized carbons (Fsp3) is 0.231. The molecule has 0 unspecified atom stereocenters. The Morgan fingerprint density at radius 2 is 1.66 bits per heavy atom. The summed E-state index contributed by atoms with van der Waals surface area (Å²) in [7, 11) is 0. The van der Waals surface area contributed by atoms with Gasteiger partial charge in [-0.3, -0.25) is 4.79 Å². The van der Waals surface area contributed by atoms with Gasteiger partial charge in [-0.2, -0.15) is 0 Å². The predicted octanol–water partition coefficient (Wildman–Crippen LogP) is 5.31. The summed E-state index contributed by atoms with van der Waals surface area (Å²) in [6.45, 7) is 2.40. The third kappa shape index (κ3) is 3.07. The molecule has 0 aliphatic carbocycles. The van der Waals surface area contributed by atoms with E-state index < -0.39 is 0 Å². The monoisotopic (exact) mass is 442 g/mol. The van der Waals surface area contributed by atoms with Gasteiger partial charge in [-0.25, -0.2) is 4.98 Å². The molecule has 1 spiro atoms. The van der Waals surface area contributed by atoms with Gasteiger partial charge >= 0.3 is 0 Å². The molecule has 0 N–H and O–H groups in total. The molecule has 0 saturated carbocycles. The summed E-state index contributed by atoms with van der Waals surface area (Å²) in [5.41, 5.74) is 5.18. The Kier molecular flexibility index (Phi) is 4.47. The molecular weight excluding hydrogens is 420 g/mol. The SMILES string of the molecule is O=C(c1cn2cc(Cl)ccc2n1)N1CCC2(CC1)CN(c1ccccc1)c1ccccc12. The van der Waals surface area contributed by atoms with Crippen molar-refractivity contribution in [1.29, 1.82) is 0 Å². The van der Waals surface area contributed by atoms with Crippen LogP contribution in [0.25, 0.3) is 5.65 Å². The van der Waals surface area contributed by atoms with Crippen molar-refractivity contribution < 1.29 is 4.79 Å². The molecule has 6 rings (SSSR count). The second kappa shape index (κ2) is 7.38. The molecule has 0 bridgehead atoms. The van der Waals surface area contributed by atoms with Crippen LogP contribution in [0, 0.1) is 0 Å². The molecule has 1 amide bonds. The van der Waals surface area contributed by atoms with Crippen LogP contribution in [-0.2, 0) is 5.41 Å². The summed E-state index contributed by atoms with van der Waals surface area (Å²) < 4.78 is 1.81. The van der Waals surface area contributed by atoms with Gasteiger partial charge in [0.15, 0.2) is 0 Å². The minimum Gasteiger partial charge on any atom is -0.340 e. The molecule has 0 radical (unpaired) electrons. The van der Waals surface area contributed by atoms with E-state index in [4.69, 9.17) is 11.6 Å². The van der Waals surface area contributed by atoms with Gasteiger partial charge in [-0.05, 0) is 48.7 Å². The lowest BCUT2D eigenvalue weighted by Gasteiger charge is -2.39. The Hall–Kier alpha value is -3.31. The number of halogens is 1. The number of nitrogens with zero attached hydrogens (tertiary/aromatic N) is 4. The highest BCUT2D eigenvalue weighted by Crippen LogP contribution is 2.49. The van der Waals surface area contributed by atoms with Gasteiger partial charge in [0, 0.05) is 48.8 Å². The number of carbonyl (C=O) groups excluding carboxylic acids is 1. The lowest BCUT2D eigenvalue weighted by Crippen LogP contribution is -2.46. The van der Waals surface area contributed by atoms with Crippen LogP contribution < -0.4 is 4.90 Å². The average molecular weight is 443 g/mol. The maximum absolute atomic E-state index is 13.2. The second-order valence-electron chi connectivity index (χ2n) is 8.75. The van der Waals surface area contributed by atoms with Gasteiger partial charge in [0.1, 0.15) is 11.3 Å². The van der Waals surface area contributed by atoms with Crippen LogP contribution in [0.1, 0.15) is 28.9 Å². The number of piperidine rings is 1. The average Bonchev–Trinajstić information content (AvgIpc) is 3.39. The number of amides is 1. The van der Waals surface area contributed by atoms with E-state index in [1.165, 1.54) is 16.9 Å². The summed E-state index contributed by atoms with van der Waals surface area (Å²) in [6.07, 6.45) is 5.44. The summed E-state index contributed by atoms with van der Waals surface area (Å²) >= 11 is 6.07. The quantitative estimate of drug-likeness (QED) is 0.422. The Balaban J connectivity index is 1.25. The highest BCUT2D eigenvalue weighted by Gasteiger charge is 2.45. The molecule has 6 heteroatoms. The highest BCUT2D eigenvalue weighted by atomic mass is 35.5. The number of hydrogen-bond acceptors (Lipinski definition) is 3. The number of aromatic nitrogens is 2. The van der Waals surface area contributed by atoms with Crippen molar-refractivity contribution in [3.05, 3.63) is 95.4 Å². The number of carbonyl (C=O) groups is 1. The Morgan fingerprint density at radius 1 is 0.906 bits per heavy atom. The van der Waals surface area contributed by atoms with E-state index >= 15 is 0 Å². The van der Waals surface area contributed by atoms with Crippen LogP contribution in [0.5, 0.6) is 0 Å². The molecular formula is C26H23ClN4O. The van der Waals surface area contributed by atoms with Crippen molar-refractivity contribution in [1.82, 2.24) is 14.3 Å². The topological polar surface area (TPSA) is 40.9 Å². The van der Waals surface area contributed by atoms with E-state index in [0.717, 1.165) is 38.1 Å². The van der Waals surface area contributed by atoms with Crippen molar-refractivity contribution in [3.8, 4) is 0 Å². The van der Waals surface area contributed by atoms with Gasteiger partial charge in [-0.15, -0.1) is 0 Å². The number of fused-ring (bicyclic) bond motifs is 3. The van der Waals surface area contributed by atoms with Crippen molar-refractivity contribution in [3.63, 3.8) is 0 Å². The summed E-state index contributed by atoms with van der Waals surface area (Å²) in [4.78, 5) is 22.1. The van der Waals surface area contributed by atoms with Gasteiger partial charge < -0.3 is 14.2 Å². The summed E-state index contributed by atoms with van der Waals surface area (Å²) in [5.74, 6) is -0.00845. The van der Waals surface area contributed by atoms with Crippen molar-refractivity contribution in [2.75, 3.05) is 24.5 Å². The van der Waals surface area contributed by atoms with E-state index in [1.807, 2.05) is 15.4 Å². The van der Waals surface area contributed by atoms with Crippen molar-refractivity contribution in [2.24, 2.45) is 0 Å². The molecule has 2 aromatic carbocycles. The molecule has 2 aliphatic heterocycles. The largest absolute Gasteiger partial charge is 0.340 e. The summed E-state index contributed by atoms with van der Waals surface area (Å²) in [6, 6.07) is 22.9. The smallest absolute Gasteiger partial charge is 0.274 e. The Labute approximate surface area is 191 Å². The van der Waals surface area contributed by atoms with E-state index in [9.17, 15) is 4.79 Å². The number of benzene rings is 2. The Morgan fingerprint density at radius 3 is 2.47 bits per heavy atom. The second-order valence-corrected chi connectivity index (χ2v) is 9.19. The fourth-order valence-corrected chi connectivity index (χ4v) is 5.43. The number of pyridine rings is 1. The molecule has 2 aliphatic rings. The predicted molar refractivity (Wildman–Crippen MR) is 127 cm³/mol. The molecule has 0 atom stereocenters. The number of rotatable bonds is 2. The lowest BCUT2D eigenvalue weighted by molar-refractivity contribution is 0.0669. The minimum atomic E-state index is -0.00845. The first-order chi connectivity index (χ1) is 15.6. The number of hydrogen-bond donors (Lipinski definition) is 0. The fourth-order valence-electron chi connectivity index (χ4n) is 5.26. The van der Waals surface area contributed by atoms with Crippen LogP contribution >= 0.6 is 11.6 Å². The van der Waals surface area contributed by atoms with E-state index in [1.54, 1.807) is 18.5 Å². The van der Waals surface area contributed by atoms with E-state index in [-0.39, 0.29) is 11.3 Å². The highest BCUT2D eigenvalue weighted by molar-refractivity contribution is 6.30. The third-order valence-corrected chi connectivity index (χ3v) is 7.16. The molecule has 4 aromatic rings. The molecule has 2 aromatic heterocycles.